The highest BCUT2D eigenvalue weighted by molar-refractivity contribution is 5.79. The third-order valence-electron chi connectivity index (χ3n) is 3.11. The fraction of sp³-hybridized carbons (Fsp3) is 0.400. The number of hydrogen-bond donors (Lipinski definition) is 1. The van der Waals surface area contributed by atoms with Crippen molar-refractivity contribution < 1.29 is 9.18 Å². The number of benzene rings is 1. The quantitative estimate of drug-likeness (QED) is 0.621. The summed E-state index contributed by atoms with van der Waals surface area (Å²) in [5, 5.41) is 2.88. The lowest BCUT2D eigenvalue weighted by molar-refractivity contribution is -0.131. The molecule has 2 rings (SSSR count). The molecule has 1 N–H and O–H groups in total. The maximum Gasteiger partial charge on any atom is 0.237 e. The standard InChI is InChI=1S/C15H17FN2O/c1-2-9-17-10-15(19)18(13-7-8-13)11-12-5-3-4-6-14(12)16/h1,3-6,13,17H,7-11H2. The molecular formula is C15H17FN2O. The van der Waals surface area contributed by atoms with Gasteiger partial charge in [0.05, 0.1) is 13.1 Å². The Bertz CT molecular complexity index is 491. The molecule has 4 heteroatoms. The second-order valence-electron chi connectivity index (χ2n) is 4.65. The van der Waals surface area contributed by atoms with Crippen LogP contribution in [-0.4, -0.2) is 29.9 Å². The Morgan fingerprint density at radius 2 is 2.21 bits per heavy atom. The van der Waals surface area contributed by atoms with Gasteiger partial charge in [-0.05, 0) is 18.9 Å². The molecule has 0 spiro atoms. The van der Waals surface area contributed by atoms with Crippen molar-refractivity contribution in [2.24, 2.45) is 0 Å². The fourth-order valence-electron chi connectivity index (χ4n) is 1.96. The van der Waals surface area contributed by atoms with E-state index < -0.39 is 0 Å². The van der Waals surface area contributed by atoms with Gasteiger partial charge in [0.25, 0.3) is 0 Å². The molecular weight excluding hydrogens is 243 g/mol. The van der Waals surface area contributed by atoms with Gasteiger partial charge in [-0.2, -0.15) is 0 Å². The summed E-state index contributed by atoms with van der Waals surface area (Å²) in [7, 11) is 0. The highest BCUT2D eigenvalue weighted by atomic mass is 19.1. The van der Waals surface area contributed by atoms with Gasteiger partial charge in [-0.25, -0.2) is 4.39 Å². The first kappa shape index (κ1) is 13.6. The molecule has 1 amide bonds. The van der Waals surface area contributed by atoms with Gasteiger partial charge in [-0.15, -0.1) is 6.42 Å². The topological polar surface area (TPSA) is 32.3 Å². The van der Waals surface area contributed by atoms with Crippen LogP contribution >= 0.6 is 0 Å². The SMILES string of the molecule is C#CCNCC(=O)N(Cc1ccccc1F)C1CC1. The molecule has 1 aliphatic carbocycles. The highest BCUT2D eigenvalue weighted by Crippen LogP contribution is 2.28. The fourth-order valence-corrected chi connectivity index (χ4v) is 1.96. The third-order valence-corrected chi connectivity index (χ3v) is 3.11. The van der Waals surface area contributed by atoms with Crippen LogP contribution < -0.4 is 5.32 Å². The third kappa shape index (κ3) is 3.80. The summed E-state index contributed by atoms with van der Waals surface area (Å²) in [5.41, 5.74) is 0.555. The minimum atomic E-state index is -0.266. The van der Waals surface area contributed by atoms with E-state index in [4.69, 9.17) is 6.42 Å². The second-order valence-corrected chi connectivity index (χ2v) is 4.65. The number of nitrogens with zero attached hydrogens (tertiary/aromatic N) is 1. The van der Waals surface area contributed by atoms with E-state index in [0.717, 1.165) is 12.8 Å². The molecule has 1 aromatic rings. The van der Waals surface area contributed by atoms with Crippen LogP contribution in [0.2, 0.25) is 0 Å². The van der Waals surface area contributed by atoms with Crippen molar-refractivity contribution >= 4 is 5.91 Å². The summed E-state index contributed by atoms with van der Waals surface area (Å²) in [4.78, 5) is 13.8. The summed E-state index contributed by atoms with van der Waals surface area (Å²) in [6.45, 7) is 0.896. The number of terminal acetylenes is 1. The van der Waals surface area contributed by atoms with E-state index in [1.54, 1.807) is 23.1 Å². The van der Waals surface area contributed by atoms with E-state index in [1.165, 1.54) is 6.07 Å². The predicted octanol–water partition coefficient (Wildman–Crippen LogP) is 1.54. The maximum atomic E-state index is 13.6. The van der Waals surface area contributed by atoms with Crippen LogP contribution in [0, 0.1) is 18.2 Å². The Morgan fingerprint density at radius 1 is 1.47 bits per heavy atom. The first-order chi connectivity index (χ1) is 9.22. The molecule has 0 bridgehead atoms. The molecule has 0 atom stereocenters. The molecule has 0 aromatic heterocycles. The number of carbonyl (C=O) groups excluding carboxylic acids is 1. The first-order valence-corrected chi connectivity index (χ1v) is 6.39. The summed E-state index contributed by atoms with van der Waals surface area (Å²) in [5.74, 6) is 2.13. The lowest BCUT2D eigenvalue weighted by Crippen LogP contribution is -2.39. The van der Waals surface area contributed by atoms with Crippen molar-refractivity contribution in [2.45, 2.75) is 25.4 Å². The van der Waals surface area contributed by atoms with Crippen molar-refractivity contribution in [1.82, 2.24) is 10.2 Å². The average Bonchev–Trinajstić information content (AvgIpc) is 3.22. The zero-order chi connectivity index (χ0) is 13.7. The van der Waals surface area contributed by atoms with Crippen LogP contribution in [0.3, 0.4) is 0 Å². The highest BCUT2D eigenvalue weighted by Gasteiger charge is 2.32. The summed E-state index contributed by atoms with van der Waals surface area (Å²) >= 11 is 0. The van der Waals surface area contributed by atoms with Crippen LogP contribution in [0.4, 0.5) is 4.39 Å². The zero-order valence-corrected chi connectivity index (χ0v) is 10.7. The van der Waals surface area contributed by atoms with Crippen LogP contribution in [0.1, 0.15) is 18.4 Å². The molecule has 0 radical (unpaired) electrons. The van der Waals surface area contributed by atoms with Gasteiger partial charge in [0.1, 0.15) is 5.82 Å². The summed E-state index contributed by atoms with van der Waals surface area (Å²) in [6.07, 6.45) is 7.11. The van der Waals surface area contributed by atoms with Crippen LogP contribution in [0.5, 0.6) is 0 Å². The largest absolute Gasteiger partial charge is 0.334 e. The van der Waals surface area contributed by atoms with E-state index >= 15 is 0 Å². The van der Waals surface area contributed by atoms with Gasteiger partial charge in [-0.3, -0.25) is 10.1 Å². The lowest BCUT2D eigenvalue weighted by atomic mass is 10.2. The average molecular weight is 260 g/mol. The smallest absolute Gasteiger partial charge is 0.237 e. The number of carbonyl (C=O) groups is 1. The van der Waals surface area contributed by atoms with E-state index in [1.807, 2.05) is 0 Å². The van der Waals surface area contributed by atoms with Crippen molar-refractivity contribution in [3.63, 3.8) is 0 Å². The second kappa shape index (κ2) is 6.35. The molecule has 1 saturated carbocycles. The van der Waals surface area contributed by atoms with Crippen molar-refractivity contribution in [3.05, 3.63) is 35.6 Å². The van der Waals surface area contributed by atoms with Gasteiger partial charge < -0.3 is 4.90 Å². The van der Waals surface area contributed by atoms with Crippen LogP contribution in [-0.2, 0) is 11.3 Å². The molecule has 0 saturated heterocycles. The molecule has 19 heavy (non-hydrogen) atoms. The van der Waals surface area contributed by atoms with Crippen molar-refractivity contribution in [2.75, 3.05) is 13.1 Å². The monoisotopic (exact) mass is 260 g/mol. The minimum Gasteiger partial charge on any atom is -0.334 e. The Balaban J connectivity index is 1.99. The van der Waals surface area contributed by atoms with Gasteiger partial charge in [0.15, 0.2) is 0 Å². The molecule has 0 heterocycles. The predicted molar refractivity (Wildman–Crippen MR) is 71.7 cm³/mol. The van der Waals surface area contributed by atoms with Gasteiger partial charge in [-0.1, -0.05) is 24.1 Å². The van der Waals surface area contributed by atoms with E-state index in [9.17, 15) is 9.18 Å². The minimum absolute atomic E-state index is 0.0268. The molecule has 0 unspecified atom stereocenters. The van der Waals surface area contributed by atoms with Crippen molar-refractivity contribution in [3.8, 4) is 12.3 Å². The van der Waals surface area contributed by atoms with Gasteiger partial charge in [0, 0.05) is 18.2 Å². The number of rotatable bonds is 6. The molecule has 100 valence electrons. The Hall–Kier alpha value is -1.86. The summed E-state index contributed by atoms with van der Waals surface area (Å²) < 4.78 is 13.6. The number of hydrogen-bond acceptors (Lipinski definition) is 2. The van der Waals surface area contributed by atoms with Crippen LogP contribution in [0.25, 0.3) is 0 Å². The van der Waals surface area contributed by atoms with E-state index in [-0.39, 0.29) is 24.3 Å². The van der Waals surface area contributed by atoms with Gasteiger partial charge in [0.2, 0.25) is 5.91 Å². The van der Waals surface area contributed by atoms with E-state index in [2.05, 4.69) is 11.2 Å². The molecule has 1 fully saturated rings. The number of amides is 1. The first-order valence-electron chi connectivity index (χ1n) is 6.39. The molecule has 0 aliphatic heterocycles. The summed E-state index contributed by atoms with van der Waals surface area (Å²) in [6, 6.07) is 6.81. The normalized spacial score (nSPS) is 13.9. The number of halogens is 1. The van der Waals surface area contributed by atoms with Crippen molar-refractivity contribution in [1.29, 1.82) is 0 Å². The lowest BCUT2D eigenvalue weighted by Gasteiger charge is -2.23. The molecule has 1 aromatic carbocycles. The van der Waals surface area contributed by atoms with Gasteiger partial charge >= 0.3 is 0 Å². The Kier molecular flexibility index (Phi) is 4.53. The Morgan fingerprint density at radius 3 is 2.84 bits per heavy atom. The molecule has 1 aliphatic rings. The van der Waals surface area contributed by atoms with E-state index in [0.29, 0.717) is 18.7 Å². The van der Waals surface area contributed by atoms with Crippen LogP contribution in [0.15, 0.2) is 24.3 Å². The molecule has 3 nitrogen and oxygen atoms in total. The number of nitrogens with one attached hydrogen (secondary N) is 1. The zero-order valence-electron chi connectivity index (χ0n) is 10.7. The maximum absolute atomic E-state index is 13.6. The Labute approximate surface area is 112 Å².